The molecular formula is C26H27N3O3S. The van der Waals surface area contributed by atoms with Crippen LogP contribution in [-0.4, -0.2) is 23.5 Å². The van der Waals surface area contributed by atoms with Crippen LogP contribution in [0.15, 0.2) is 72.8 Å². The zero-order chi connectivity index (χ0) is 23.8. The van der Waals surface area contributed by atoms with Crippen LogP contribution in [0, 0.1) is 12.8 Å². The molecule has 0 fully saturated rings. The molecule has 3 aromatic carbocycles. The van der Waals surface area contributed by atoms with Gasteiger partial charge in [-0.05, 0) is 85.2 Å². The Morgan fingerprint density at radius 1 is 0.848 bits per heavy atom. The molecular weight excluding hydrogens is 434 g/mol. The lowest BCUT2D eigenvalue weighted by Gasteiger charge is -2.12. The van der Waals surface area contributed by atoms with Crippen LogP contribution in [-0.2, 0) is 0 Å². The Hall–Kier alpha value is -3.71. The molecule has 0 radical (unpaired) electrons. The average molecular weight is 462 g/mol. The van der Waals surface area contributed by atoms with Crippen LogP contribution in [0.4, 0.5) is 11.4 Å². The number of carbonyl (C=O) groups is 2. The average Bonchev–Trinajstić information content (AvgIpc) is 2.78. The van der Waals surface area contributed by atoms with Crippen molar-refractivity contribution < 1.29 is 14.3 Å². The lowest BCUT2D eigenvalue weighted by Crippen LogP contribution is -2.34. The van der Waals surface area contributed by atoms with Crippen LogP contribution in [0.2, 0.25) is 0 Å². The molecule has 0 bridgehead atoms. The van der Waals surface area contributed by atoms with Gasteiger partial charge in [0.1, 0.15) is 5.75 Å². The Bertz CT molecular complexity index is 1140. The fraction of sp³-hybridized carbons (Fsp3) is 0.192. The SMILES string of the molecule is Cc1cccc(NC(=O)c2cccc(NC(=S)NC(=O)c3ccc(OCC(C)C)cc3)c2)c1. The highest BCUT2D eigenvalue weighted by atomic mass is 32.1. The number of benzene rings is 3. The first-order valence-corrected chi connectivity index (χ1v) is 11.0. The predicted octanol–water partition coefficient (Wildman–Crippen LogP) is 5.41. The van der Waals surface area contributed by atoms with E-state index in [4.69, 9.17) is 17.0 Å². The lowest BCUT2D eigenvalue weighted by molar-refractivity contribution is 0.0976. The third-order valence-corrected chi connectivity index (χ3v) is 4.79. The molecule has 0 spiro atoms. The number of nitrogens with one attached hydrogen (secondary N) is 3. The molecule has 2 amide bonds. The van der Waals surface area contributed by atoms with Crippen molar-refractivity contribution in [1.82, 2.24) is 5.32 Å². The minimum Gasteiger partial charge on any atom is -0.493 e. The van der Waals surface area contributed by atoms with E-state index < -0.39 is 0 Å². The zero-order valence-electron chi connectivity index (χ0n) is 18.8. The van der Waals surface area contributed by atoms with Crippen molar-refractivity contribution in [3.05, 3.63) is 89.5 Å². The van der Waals surface area contributed by atoms with E-state index in [9.17, 15) is 9.59 Å². The predicted molar refractivity (Wildman–Crippen MR) is 136 cm³/mol. The van der Waals surface area contributed by atoms with E-state index in [1.54, 1.807) is 48.5 Å². The first kappa shape index (κ1) is 23.9. The van der Waals surface area contributed by atoms with Crippen LogP contribution in [0.5, 0.6) is 5.75 Å². The van der Waals surface area contributed by atoms with Gasteiger partial charge in [0.25, 0.3) is 11.8 Å². The molecule has 0 aliphatic rings. The highest BCUT2D eigenvalue weighted by Crippen LogP contribution is 2.16. The van der Waals surface area contributed by atoms with Gasteiger partial charge in [-0.25, -0.2) is 0 Å². The molecule has 0 unspecified atom stereocenters. The lowest BCUT2D eigenvalue weighted by atomic mass is 10.1. The van der Waals surface area contributed by atoms with Gasteiger partial charge in [0.05, 0.1) is 6.61 Å². The molecule has 3 N–H and O–H groups in total. The smallest absolute Gasteiger partial charge is 0.257 e. The number of hydrogen-bond acceptors (Lipinski definition) is 4. The Morgan fingerprint density at radius 3 is 2.18 bits per heavy atom. The molecule has 0 saturated heterocycles. The topological polar surface area (TPSA) is 79.5 Å². The minimum absolute atomic E-state index is 0.136. The fourth-order valence-electron chi connectivity index (χ4n) is 2.97. The maximum absolute atomic E-state index is 12.6. The van der Waals surface area contributed by atoms with Gasteiger partial charge in [0, 0.05) is 22.5 Å². The number of anilines is 2. The second-order valence-corrected chi connectivity index (χ2v) is 8.45. The molecule has 7 heteroatoms. The summed E-state index contributed by atoms with van der Waals surface area (Å²) in [4.78, 5) is 25.1. The van der Waals surface area contributed by atoms with Gasteiger partial charge in [-0.15, -0.1) is 0 Å². The van der Waals surface area contributed by atoms with Crippen LogP contribution in [0.3, 0.4) is 0 Å². The Balaban J connectivity index is 1.57. The molecule has 3 aromatic rings. The van der Waals surface area contributed by atoms with Gasteiger partial charge in [-0.3, -0.25) is 14.9 Å². The van der Waals surface area contributed by atoms with Gasteiger partial charge in [0.15, 0.2) is 5.11 Å². The molecule has 0 atom stereocenters. The van der Waals surface area contributed by atoms with E-state index in [1.807, 2.05) is 31.2 Å². The summed E-state index contributed by atoms with van der Waals surface area (Å²) in [5.41, 5.74) is 3.30. The van der Waals surface area contributed by atoms with Crippen molar-refractivity contribution in [3.63, 3.8) is 0 Å². The number of ether oxygens (including phenoxy) is 1. The summed E-state index contributed by atoms with van der Waals surface area (Å²) in [6.07, 6.45) is 0. The Kier molecular flexibility index (Phi) is 8.16. The van der Waals surface area contributed by atoms with E-state index in [0.29, 0.717) is 35.1 Å². The maximum atomic E-state index is 12.6. The Labute approximate surface area is 199 Å². The van der Waals surface area contributed by atoms with Gasteiger partial charge in [0.2, 0.25) is 0 Å². The van der Waals surface area contributed by atoms with Crippen molar-refractivity contribution in [2.75, 3.05) is 17.2 Å². The maximum Gasteiger partial charge on any atom is 0.257 e. The molecule has 0 aromatic heterocycles. The molecule has 6 nitrogen and oxygen atoms in total. The number of amides is 2. The molecule has 3 rings (SSSR count). The summed E-state index contributed by atoms with van der Waals surface area (Å²) < 4.78 is 5.63. The number of rotatable bonds is 7. The van der Waals surface area contributed by atoms with E-state index in [2.05, 4.69) is 29.8 Å². The van der Waals surface area contributed by atoms with Gasteiger partial charge in [-0.2, -0.15) is 0 Å². The van der Waals surface area contributed by atoms with Crippen molar-refractivity contribution in [1.29, 1.82) is 0 Å². The number of carbonyl (C=O) groups excluding carboxylic acids is 2. The Morgan fingerprint density at radius 2 is 1.52 bits per heavy atom. The normalized spacial score (nSPS) is 10.4. The molecule has 0 aliphatic carbocycles. The van der Waals surface area contributed by atoms with Crippen molar-refractivity contribution >= 4 is 40.5 Å². The fourth-order valence-corrected chi connectivity index (χ4v) is 3.18. The first-order chi connectivity index (χ1) is 15.8. The highest BCUT2D eigenvalue weighted by molar-refractivity contribution is 7.80. The molecule has 0 heterocycles. The summed E-state index contributed by atoms with van der Waals surface area (Å²) in [6, 6.07) is 21.3. The summed E-state index contributed by atoms with van der Waals surface area (Å²) >= 11 is 5.27. The molecule has 0 saturated carbocycles. The molecule has 33 heavy (non-hydrogen) atoms. The van der Waals surface area contributed by atoms with Crippen LogP contribution in [0.25, 0.3) is 0 Å². The highest BCUT2D eigenvalue weighted by Gasteiger charge is 2.11. The van der Waals surface area contributed by atoms with Gasteiger partial charge < -0.3 is 15.4 Å². The third kappa shape index (κ3) is 7.43. The quantitative estimate of drug-likeness (QED) is 0.410. The number of hydrogen-bond donors (Lipinski definition) is 3. The van der Waals surface area contributed by atoms with Crippen LogP contribution in [0.1, 0.15) is 40.1 Å². The van der Waals surface area contributed by atoms with E-state index in [0.717, 1.165) is 11.3 Å². The zero-order valence-corrected chi connectivity index (χ0v) is 19.7. The van der Waals surface area contributed by atoms with Crippen molar-refractivity contribution in [2.24, 2.45) is 5.92 Å². The summed E-state index contributed by atoms with van der Waals surface area (Å²) in [5.74, 6) is 0.556. The summed E-state index contributed by atoms with van der Waals surface area (Å²) in [6.45, 7) is 6.72. The van der Waals surface area contributed by atoms with Crippen molar-refractivity contribution in [2.45, 2.75) is 20.8 Å². The minimum atomic E-state index is -0.337. The van der Waals surface area contributed by atoms with Gasteiger partial charge in [-0.1, -0.05) is 32.0 Å². The van der Waals surface area contributed by atoms with Crippen LogP contribution >= 0.6 is 12.2 Å². The van der Waals surface area contributed by atoms with E-state index in [-0.39, 0.29) is 16.9 Å². The standard InChI is InChI=1S/C26H27N3O3S/c1-17(2)16-32-23-12-10-19(11-13-23)24(30)29-26(33)28-22-9-5-7-20(15-22)25(31)27-21-8-4-6-18(3)14-21/h4-15,17H,16H2,1-3H3,(H,27,31)(H2,28,29,30,33). The second-order valence-electron chi connectivity index (χ2n) is 8.04. The second kappa shape index (κ2) is 11.2. The molecule has 170 valence electrons. The number of thiocarbonyl (C=S) groups is 1. The van der Waals surface area contributed by atoms with Crippen LogP contribution < -0.4 is 20.7 Å². The largest absolute Gasteiger partial charge is 0.493 e. The number of aryl methyl sites for hydroxylation is 1. The van der Waals surface area contributed by atoms with Gasteiger partial charge >= 0.3 is 0 Å². The van der Waals surface area contributed by atoms with E-state index in [1.165, 1.54) is 0 Å². The van der Waals surface area contributed by atoms with E-state index >= 15 is 0 Å². The first-order valence-electron chi connectivity index (χ1n) is 10.6. The third-order valence-electron chi connectivity index (χ3n) is 4.59. The summed E-state index contributed by atoms with van der Waals surface area (Å²) in [5, 5.41) is 8.61. The van der Waals surface area contributed by atoms with Crippen molar-refractivity contribution in [3.8, 4) is 5.75 Å². The monoisotopic (exact) mass is 461 g/mol. The molecule has 0 aliphatic heterocycles. The summed E-state index contributed by atoms with van der Waals surface area (Å²) in [7, 11) is 0.